The number of fused-ring (bicyclic) bond motifs is 1. The Bertz CT molecular complexity index is 505. The van der Waals surface area contributed by atoms with E-state index in [1.807, 2.05) is 12.1 Å². The minimum Gasteiger partial charge on any atom is -0.493 e. The average molecular weight is 304 g/mol. The van der Waals surface area contributed by atoms with Gasteiger partial charge in [-0.3, -0.25) is 0 Å². The molecule has 1 aromatic rings. The van der Waals surface area contributed by atoms with E-state index in [1.54, 1.807) is 7.11 Å². The average Bonchev–Trinajstić information content (AvgIpc) is 2.95. The highest BCUT2D eigenvalue weighted by Crippen LogP contribution is 2.29. The molecule has 122 valence electrons. The van der Waals surface area contributed by atoms with Crippen molar-refractivity contribution in [3.8, 4) is 11.5 Å². The third kappa shape index (κ3) is 4.77. The summed E-state index contributed by atoms with van der Waals surface area (Å²) in [5.74, 6) is 2.40. The maximum atomic E-state index is 5.79. The summed E-state index contributed by atoms with van der Waals surface area (Å²) in [6.45, 7) is 7.94. The largest absolute Gasteiger partial charge is 0.493 e. The number of allylic oxidation sites excluding steroid dienone is 1. The fourth-order valence-corrected chi connectivity index (χ4v) is 2.71. The molecule has 0 fully saturated rings. The van der Waals surface area contributed by atoms with Crippen molar-refractivity contribution in [2.75, 3.05) is 20.3 Å². The molecular weight excluding hydrogens is 276 g/mol. The predicted molar refractivity (Wildman–Crippen MR) is 89.8 cm³/mol. The molecule has 0 aliphatic carbocycles. The van der Waals surface area contributed by atoms with Gasteiger partial charge < -0.3 is 14.2 Å². The summed E-state index contributed by atoms with van der Waals surface area (Å²) in [5, 5.41) is 0. The molecule has 0 amide bonds. The van der Waals surface area contributed by atoms with E-state index in [2.05, 4.69) is 32.9 Å². The standard InChI is InChI=1S/C19H28O3/c1-14(2)18(20-4)8-5-15(3)9-11-21-17-7-6-16-10-12-22-19(16)13-17/h6-7,9,13-14,18H,5,8,10-12H2,1-4H3/b15-9+. The first-order chi connectivity index (χ1) is 10.6. The van der Waals surface area contributed by atoms with Crippen LogP contribution in [0, 0.1) is 5.92 Å². The third-order valence-electron chi connectivity index (χ3n) is 4.22. The van der Waals surface area contributed by atoms with E-state index in [-0.39, 0.29) is 0 Å². The highest BCUT2D eigenvalue weighted by Gasteiger charge is 2.13. The monoisotopic (exact) mass is 304 g/mol. The van der Waals surface area contributed by atoms with Crippen molar-refractivity contribution in [2.24, 2.45) is 5.92 Å². The summed E-state index contributed by atoms with van der Waals surface area (Å²) in [7, 11) is 1.79. The van der Waals surface area contributed by atoms with Crippen LogP contribution in [0.4, 0.5) is 0 Å². The lowest BCUT2D eigenvalue weighted by Gasteiger charge is -2.19. The van der Waals surface area contributed by atoms with Crippen LogP contribution in [-0.2, 0) is 11.2 Å². The van der Waals surface area contributed by atoms with E-state index in [4.69, 9.17) is 14.2 Å². The normalized spacial score (nSPS) is 15.6. The first-order valence-electron chi connectivity index (χ1n) is 8.17. The number of rotatable bonds is 8. The number of benzene rings is 1. The van der Waals surface area contributed by atoms with Crippen LogP contribution < -0.4 is 9.47 Å². The highest BCUT2D eigenvalue weighted by molar-refractivity contribution is 5.42. The van der Waals surface area contributed by atoms with E-state index in [1.165, 1.54) is 11.1 Å². The van der Waals surface area contributed by atoms with Crippen molar-refractivity contribution in [3.63, 3.8) is 0 Å². The molecule has 1 heterocycles. The molecule has 1 aromatic carbocycles. The Balaban J connectivity index is 1.77. The second-order valence-electron chi connectivity index (χ2n) is 6.29. The second kappa shape index (κ2) is 8.23. The van der Waals surface area contributed by atoms with Gasteiger partial charge in [0.1, 0.15) is 18.1 Å². The number of methoxy groups -OCH3 is 1. The molecule has 3 nitrogen and oxygen atoms in total. The van der Waals surface area contributed by atoms with Gasteiger partial charge in [-0.25, -0.2) is 0 Å². The molecule has 1 aliphatic heterocycles. The van der Waals surface area contributed by atoms with Gasteiger partial charge in [-0.15, -0.1) is 0 Å². The van der Waals surface area contributed by atoms with Gasteiger partial charge >= 0.3 is 0 Å². The zero-order chi connectivity index (χ0) is 15.9. The van der Waals surface area contributed by atoms with E-state index in [0.717, 1.165) is 37.4 Å². The van der Waals surface area contributed by atoms with Crippen molar-refractivity contribution in [3.05, 3.63) is 35.4 Å². The Hall–Kier alpha value is -1.48. The zero-order valence-electron chi connectivity index (χ0n) is 14.2. The fourth-order valence-electron chi connectivity index (χ4n) is 2.71. The lowest BCUT2D eigenvalue weighted by Crippen LogP contribution is -2.17. The lowest BCUT2D eigenvalue weighted by atomic mass is 10.00. The minimum absolute atomic E-state index is 0.332. The Kier molecular flexibility index (Phi) is 6.32. The van der Waals surface area contributed by atoms with Crippen molar-refractivity contribution in [1.29, 1.82) is 0 Å². The molecule has 0 spiro atoms. The van der Waals surface area contributed by atoms with E-state index in [0.29, 0.717) is 18.6 Å². The summed E-state index contributed by atoms with van der Waals surface area (Å²) >= 11 is 0. The maximum absolute atomic E-state index is 5.79. The van der Waals surface area contributed by atoms with Crippen LogP contribution in [0.15, 0.2) is 29.8 Å². The molecule has 0 saturated carbocycles. The van der Waals surface area contributed by atoms with Gasteiger partial charge in [0.25, 0.3) is 0 Å². The van der Waals surface area contributed by atoms with Gasteiger partial charge in [-0.05, 0) is 43.4 Å². The van der Waals surface area contributed by atoms with Gasteiger partial charge in [0.2, 0.25) is 0 Å². The number of hydrogen-bond acceptors (Lipinski definition) is 3. The van der Waals surface area contributed by atoms with Gasteiger partial charge in [-0.1, -0.05) is 25.5 Å². The van der Waals surface area contributed by atoms with Crippen molar-refractivity contribution < 1.29 is 14.2 Å². The highest BCUT2D eigenvalue weighted by atomic mass is 16.5. The van der Waals surface area contributed by atoms with Gasteiger partial charge in [-0.2, -0.15) is 0 Å². The molecule has 0 radical (unpaired) electrons. The summed E-state index contributed by atoms with van der Waals surface area (Å²) in [6.07, 6.45) is 5.60. The summed E-state index contributed by atoms with van der Waals surface area (Å²) in [5.41, 5.74) is 2.62. The lowest BCUT2D eigenvalue weighted by molar-refractivity contribution is 0.0584. The van der Waals surface area contributed by atoms with Gasteiger partial charge in [0.05, 0.1) is 12.7 Å². The zero-order valence-corrected chi connectivity index (χ0v) is 14.2. The Morgan fingerprint density at radius 2 is 2.18 bits per heavy atom. The van der Waals surface area contributed by atoms with Gasteiger partial charge in [0.15, 0.2) is 0 Å². The molecule has 0 saturated heterocycles. The third-order valence-corrected chi connectivity index (χ3v) is 4.22. The van der Waals surface area contributed by atoms with E-state index < -0.39 is 0 Å². The number of ether oxygens (including phenoxy) is 3. The summed E-state index contributed by atoms with van der Waals surface area (Å²) in [4.78, 5) is 0. The van der Waals surface area contributed by atoms with Crippen LogP contribution in [0.25, 0.3) is 0 Å². The van der Waals surface area contributed by atoms with E-state index in [9.17, 15) is 0 Å². The van der Waals surface area contributed by atoms with Crippen LogP contribution in [-0.4, -0.2) is 26.4 Å². The fraction of sp³-hybridized carbons (Fsp3) is 0.579. The smallest absolute Gasteiger partial charge is 0.126 e. The van der Waals surface area contributed by atoms with Crippen LogP contribution in [0.5, 0.6) is 11.5 Å². The van der Waals surface area contributed by atoms with Crippen LogP contribution in [0.3, 0.4) is 0 Å². The second-order valence-corrected chi connectivity index (χ2v) is 6.29. The maximum Gasteiger partial charge on any atom is 0.126 e. The molecule has 0 aromatic heterocycles. The van der Waals surface area contributed by atoms with Crippen LogP contribution >= 0.6 is 0 Å². The first-order valence-corrected chi connectivity index (χ1v) is 8.17. The minimum atomic E-state index is 0.332. The van der Waals surface area contributed by atoms with Crippen molar-refractivity contribution in [1.82, 2.24) is 0 Å². The predicted octanol–water partition coefficient (Wildman–Crippen LogP) is 4.40. The van der Waals surface area contributed by atoms with Crippen LogP contribution in [0.2, 0.25) is 0 Å². The molecule has 0 N–H and O–H groups in total. The number of hydrogen-bond donors (Lipinski definition) is 0. The molecule has 1 unspecified atom stereocenters. The molecule has 1 aliphatic rings. The van der Waals surface area contributed by atoms with E-state index >= 15 is 0 Å². The Morgan fingerprint density at radius 1 is 1.36 bits per heavy atom. The summed E-state index contributed by atoms with van der Waals surface area (Å²) < 4.78 is 16.9. The topological polar surface area (TPSA) is 27.7 Å². The summed E-state index contributed by atoms with van der Waals surface area (Å²) in [6, 6.07) is 6.11. The van der Waals surface area contributed by atoms with Crippen molar-refractivity contribution in [2.45, 2.75) is 46.1 Å². The molecule has 22 heavy (non-hydrogen) atoms. The first kappa shape index (κ1) is 16.9. The molecule has 2 rings (SSSR count). The Morgan fingerprint density at radius 3 is 2.91 bits per heavy atom. The molecule has 1 atom stereocenters. The quantitative estimate of drug-likeness (QED) is 0.666. The molecule has 3 heteroatoms. The molecule has 0 bridgehead atoms. The van der Waals surface area contributed by atoms with Crippen LogP contribution in [0.1, 0.15) is 39.2 Å². The van der Waals surface area contributed by atoms with Gasteiger partial charge in [0, 0.05) is 19.6 Å². The molecular formula is C19H28O3. The SMILES string of the molecule is COC(CC/C(C)=C/COc1ccc2c(c1)OCC2)C(C)C. The van der Waals surface area contributed by atoms with Crippen molar-refractivity contribution >= 4 is 0 Å². The Labute approximate surface area is 134 Å².